The quantitative estimate of drug-likeness (QED) is 0.673. The number of nitrogens with one attached hydrogen (secondary N) is 2. The lowest BCUT2D eigenvalue weighted by atomic mass is 9.83. The molecule has 7 heteroatoms. The van der Waals surface area contributed by atoms with Crippen molar-refractivity contribution >= 4 is 34.7 Å². The highest BCUT2D eigenvalue weighted by molar-refractivity contribution is 7.16. The average Bonchev–Trinajstić information content (AvgIpc) is 3.29. The van der Waals surface area contributed by atoms with E-state index in [0.717, 1.165) is 23.5 Å². The molecule has 152 valence electrons. The maximum absolute atomic E-state index is 12.3. The van der Waals surface area contributed by atoms with Crippen LogP contribution < -0.4 is 10.6 Å². The first-order valence-corrected chi connectivity index (χ1v) is 10.8. The van der Waals surface area contributed by atoms with Crippen LogP contribution in [0.5, 0.6) is 0 Å². The van der Waals surface area contributed by atoms with Crippen LogP contribution in [0, 0.1) is 5.92 Å². The summed E-state index contributed by atoms with van der Waals surface area (Å²) in [6.45, 7) is 8.45. The summed E-state index contributed by atoms with van der Waals surface area (Å²) in [7, 11) is 0. The molecule has 2 amide bonds. The Morgan fingerprint density at radius 2 is 2.04 bits per heavy atom. The average molecular weight is 403 g/mol. The maximum Gasteiger partial charge on any atom is 0.321 e. The van der Waals surface area contributed by atoms with Crippen LogP contribution in [0.15, 0.2) is 16.8 Å². The summed E-state index contributed by atoms with van der Waals surface area (Å²) < 4.78 is 5.75. The van der Waals surface area contributed by atoms with Crippen molar-refractivity contribution in [2.75, 3.05) is 5.32 Å². The molecule has 1 saturated carbocycles. The van der Waals surface area contributed by atoms with E-state index in [9.17, 15) is 4.79 Å². The normalized spacial score (nSPS) is 20.4. The van der Waals surface area contributed by atoms with Gasteiger partial charge in [-0.3, -0.25) is 5.32 Å². The highest BCUT2D eigenvalue weighted by Crippen LogP contribution is 2.27. The third-order valence-corrected chi connectivity index (χ3v) is 6.02. The molecule has 28 heavy (non-hydrogen) atoms. The molecule has 0 radical (unpaired) electrons. The summed E-state index contributed by atoms with van der Waals surface area (Å²) in [5.74, 6) is 1.99. The molecule has 0 aromatic carbocycles. The fraction of sp³-hybridized carbons (Fsp3) is 0.571. The minimum atomic E-state index is -0.169. The van der Waals surface area contributed by atoms with Crippen molar-refractivity contribution in [1.29, 1.82) is 0 Å². The lowest BCUT2D eigenvalue weighted by molar-refractivity contribution is 0.226. The summed E-state index contributed by atoms with van der Waals surface area (Å²) in [4.78, 5) is 21.8. The Kier molecular flexibility index (Phi) is 6.54. The van der Waals surface area contributed by atoms with Gasteiger partial charge in [0.25, 0.3) is 0 Å². The van der Waals surface area contributed by atoms with Crippen molar-refractivity contribution in [2.45, 2.75) is 71.3 Å². The molecule has 0 spiro atoms. The number of oxazole rings is 1. The molecule has 0 aliphatic heterocycles. The number of nitrogens with zero attached hydrogens (tertiary/aromatic N) is 2. The van der Waals surface area contributed by atoms with Crippen LogP contribution in [0.4, 0.5) is 9.93 Å². The lowest BCUT2D eigenvalue weighted by Gasteiger charge is -2.31. The highest BCUT2D eigenvalue weighted by atomic mass is 32.1. The minimum Gasteiger partial charge on any atom is -0.441 e. The van der Waals surface area contributed by atoms with Crippen molar-refractivity contribution in [3.8, 4) is 0 Å². The molecule has 2 atom stereocenters. The van der Waals surface area contributed by atoms with Crippen LogP contribution in [-0.2, 0) is 5.41 Å². The molecule has 2 aromatic heterocycles. The summed E-state index contributed by atoms with van der Waals surface area (Å²) in [6.07, 6.45) is 13.0. The van der Waals surface area contributed by atoms with E-state index < -0.39 is 0 Å². The zero-order valence-electron chi connectivity index (χ0n) is 17.1. The first-order chi connectivity index (χ1) is 13.3. The topological polar surface area (TPSA) is 80.0 Å². The van der Waals surface area contributed by atoms with Crippen molar-refractivity contribution in [3.63, 3.8) is 0 Å². The van der Waals surface area contributed by atoms with Crippen molar-refractivity contribution in [1.82, 2.24) is 15.3 Å². The molecular formula is C21H30N4O2S. The van der Waals surface area contributed by atoms with Gasteiger partial charge in [-0.05, 0) is 24.8 Å². The molecule has 2 aromatic rings. The molecule has 2 unspecified atom stereocenters. The van der Waals surface area contributed by atoms with E-state index in [1.807, 2.05) is 12.2 Å². The first-order valence-electron chi connectivity index (χ1n) is 10.0. The van der Waals surface area contributed by atoms with Crippen molar-refractivity contribution < 1.29 is 9.21 Å². The van der Waals surface area contributed by atoms with Crippen molar-refractivity contribution in [3.05, 3.63) is 28.9 Å². The number of carbonyl (C=O) groups is 1. The Labute approximate surface area is 170 Å². The zero-order valence-corrected chi connectivity index (χ0v) is 17.9. The van der Waals surface area contributed by atoms with Gasteiger partial charge in [0, 0.05) is 28.6 Å². The van der Waals surface area contributed by atoms with Crippen LogP contribution in [0.2, 0.25) is 0 Å². The molecule has 1 fully saturated rings. The van der Waals surface area contributed by atoms with Crippen LogP contribution in [0.3, 0.4) is 0 Å². The summed E-state index contributed by atoms with van der Waals surface area (Å²) in [5, 5.41) is 6.57. The molecule has 0 bridgehead atoms. The molecule has 3 rings (SSSR count). The number of hydrogen-bond donors (Lipinski definition) is 2. The fourth-order valence-corrected chi connectivity index (χ4v) is 4.19. The van der Waals surface area contributed by atoms with Crippen LogP contribution in [0.25, 0.3) is 12.2 Å². The van der Waals surface area contributed by atoms with Gasteiger partial charge in [0.05, 0.1) is 6.20 Å². The molecule has 1 aliphatic rings. The van der Waals surface area contributed by atoms with Gasteiger partial charge in [-0.2, -0.15) is 0 Å². The van der Waals surface area contributed by atoms with Crippen LogP contribution in [-0.4, -0.2) is 22.0 Å². The van der Waals surface area contributed by atoms with Gasteiger partial charge in [0.15, 0.2) is 5.13 Å². The van der Waals surface area contributed by atoms with Crippen LogP contribution >= 0.6 is 11.3 Å². The molecule has 1 aliphatic carbocycles. The summed E-state index contributed by atoms with van der Waals surface area (Å²) >= 11 is 1.42. The second-order valence-electron chi connectivity index (χ2n) is 8.37. The van der Waals surface area contributed by atoms with E-state index in [4.69, 9.17) is 4.42 Å². The van der Waals surface area contributed by atoms with Gasteiger partial charge in [-0.15, -0.1) is 0 Å². The number of thiazole rings is 1. The standard InChI is InChI=1S/C21H30N4O2S/c1-5-14-8-6-7-9-16(14)24-19(26)25-20-23-12-15(28-20)10-11-18-22-13-17(27-18)21(2,3)4/h10-14,16H,5-9H2,1-4H3,(H2,23,24,25,26)/b11-10+. The Morgan fingerprint density at radius 3 is 2.75 bits per heavy atom. The zero-order chi connectivity index (χ0) is 20.1. The summed E-state index contributed by atoms with van der Waals surface area (Å²) in [6, 6.07) is 0.0952. The number of carbonyl (C=O) groups excluding carboxylic acids is 1. The van der Waals surface area contributed by atoms with Gasteiger partial charge in [-0.1, -0.05) is 58.3 Å². The van der Waals surface area contributed by atoms with Gasteiger partial charge < -0.3 is 9.73 Å². The Hall–Kier alpha value is -2.15. The van der Waals surface area contributed by atoms with E-state index in [1.165, 1.54) is 30.6 Å². The number of aromatic nitrogens is 2. The Morgan fingerprint density at radius 1 is 1.25 bits per heavy atom. The number of hydrogen-bond acceptors (Lipinski definition) is 5. The van der Waals surface area contributed by atoms with Gasteiger partial charge in [0.2, 0.25) is 5.89 Å². The molecule has 0 saturated heterocycles. The predicted octanol–water partition coefficient (Wildman–Crippen LogP) is 5.69. The third kappa shape index (κ3) is 5.44. The molecule has 2 N–H and O–H groups in total. The second-order valence-corrected chi connectivity index (χ2v) is 9.43. The highest BCUT2D eigenvalue weighted by Gasteiger charge is 2.25. The second kappa shape index (κ2) is 8.90. The molecular weight excluding hydrogens is 372 g/mol. The smallest absolute Gasteiger partial charge is 0.321 e. The van der Waals surface area contributed by atoms with Crippen molar-refractivity contribution in [2.24, 2.45) is 5.92 Å². The van der Waals surface area contributed by atoms with E-state index >= 15 is 0 Å². The van der Waals surface area contributed by atoms with E-state index in [2.05, 4.69) is 48.3 Å². The largest absolute Gasteiger partial charge is 0.441 e. The molecule has 2 heterocycles. The summed E-state index contributed by atoms with van der Waals surface area (Å²) in [5.41, 5.74) is -0.0663. The number of rotatable bonds is 5. The van der Waals surface area contributed by atoms with E-state index in [1.54, 1.807) is 12.4 Å². The van der Waals surface area contributed by atoms with Gasteiger partial charge in [-0.25, -0.2) is 14.8 Å². The molecule has 6 nitrogen and oxygen atoms in total. The number of anilines is 1. The van der Waals surface area contributed by atoms with E-state index in [0.29, 0.717) is 16.9 Å². The predicted molar refractivity (Wildman–Crippen MR) is 114 cm³/mol. The fourth-order valence-electron chi connectivity index (χ4n) is 3.47. The first kappa shape index (κ1) is 20.6. The Bertz CT molecular complexity index is 818. The monoisotopic (exact) mass is 402 g/mol. The third-order valence-electron chi connectivity index (χ3n) is 5.15. The van der Waals surface area contributed by atoms with E-state index in [-0.39, 0.29) is 17.5 Å². The minimum absolute atomic E-state index is 0.0663. The van der Waals surface area contributed by atoms with Gasteiger partial charge in [0.1, 0.15) is 5.76 Å². The number of amides is 2. The SMILES string of the molecule is CCC1CCCCC1NC(=O)Nc1ncc(/C=C/c2ncc(C(C)(C)C)o2)s1. The maximum atomic E-state index is 12.3. The van der Waals surface area contributed by atoms with Crippen LogP contribution in [0.1, 0.15) is 76.3 Å². The Balaban J connectivity index is 1.55. The lowest BCUT2D eigenvalue weighted by Crippen LogP contribution is -2.43. The number of urea groups is 1. The van der Waals surface area contributed by atoms with Gasteiger partial charge >= 0.3 is 6.03 Å².